The third-order valence-corrected chi connectivity index (χ3v) is 5.48. The van der Waals surface area contributed by atoms with E-state index in [2.05, 4.69) is 24.2 Å². The van der Waals surface area contributed by atoms with Gasteiger partial charge in [-0.05, 0) is 44.6 Å². The molecule has 3 N–H and O–H groups in total. The van der Waals surface area contributed by atoms with Gasteiger partial charge in [-0.1, -0.05) is 32.9 Å². The largest absolute Gasteiger partial charge is 0.463 e. The molecule has 1 heterocycles. The number of rotatable bonds is 10. The van der Waals surface area contributed by atoms with Crippen LogP contribution in [0.4, 0.5) is 0 Å². The Morgan fingerprint density at radius 3 is 2.61 bits per heavy atom. The van der Waals surface area contributed by atoms with Gasteiger partial charge in [-0.2, -0.15) is 0 Å². The third kappa shape index (κ3) is 6.98. The molecule has 0 radical (unpaired) electrons. The molecule has 1 aliphatic carbocycles. The topological polar surface area (TPSA) is 103 Å². The van der Waals surface area contributed by atoms with Crippen molar-refractivity contribution in [2.45, 2.75) is 60.8 Å². The maximum atomic E-state index is 13.5. The molecule has 0 aromatic rings. The number of carbonyl (C=O) groups is 2. The zero-order valence-corrected chi connectivity index (χ0v) is 20.9. The highest BCUT2D eigenvalue weighted by Crippen LogP contribution is 2.45. The van der Waals surface area contributed by atoms with E-state index in [-0.39, 0.29) is 24.4 Å². The molecule has 2 aliphatic rings. The number of allylic oxidation sites excluding steroid dienone is 5. The molecule has 1 unspecified atom stereocenters. The van der Waals surface area contributed by atoms with E-state index in [1.807, 2.05) is 32.9 Å². The first-order valence-corrected chi connectivity index (χ1v) is 11.7. The number of nitrogens with two attached hydrogens (primary N) is 1. The van der Waals surface area contributed by atoms with Crippen molar-refractivity contribution in [2.24, 2.45) is 22.1 Å². The second kappa shape index (κ2) is 12.1. The van der Waals surface area contributed by atoms with Gasteiger partial charge < -0.3 is 20.5 Å². The van der Waals surface area contributed by atoms with Crippen molar-refractivity contribution in [1.29, 1.82) is 0 Å². The Morgan fingerprint density at radius 1 is 1.27 bits per heavy atom. The number of nitrogens with one attached hydrogen (secondary N) is 1. The van der Waals surface area contributed by atoms with Gasteiger partial charge in [-0.15, -0.1) is 0 Å². The minimum Gasteiger partial charge on any atom is -0.463 e. The van der Waals surface area contributed by atoms with Crippen molar-refractivity contribution in [3.8, 4) is 0 Å². The molecule has 182 valence electrons. The second-order valence-corrected chi connectivity index (χ2v) is 9.36. The predicted molar refractivity (Wildman–Crippen MR) is 132 cm³/mol. The molecule has 7 heteroatoms. The van der Waals surface area contributed by atoms with Crippen LogP contribution in [-0.4, -0.2) is 43.8 Å². The highest BCUT2D eigenvalue weighted by molar-refractivity contribution is 6.03. The number of ketones is 1. The monoisotopic (exact) mass is 457 g/mol. The molecule has 1 atom stereocenters. The lowest BCUT2D eigenvalue weighted by Crippen LogP contribution is -2.41. The van der Waals surface area contributed by atoms with E-state index >= 15 is 0 Å². The molecule has 0 amide bonds. The molecule has 0 bridgehead atoms. The summed E-state index contributed by atoms with van der Waals surface area (Å²) in [4.78, 5) is 31.2. The van der Waals surface area contributed by atoms with Crippen LogP contribution in [0.5, 0.6) is 0 Å². The van der Waals surface area contributed by atoms with E-state index in [0.717, 1.165) is 23.4 Å². The van der Waals surface area contributed by atoms with Crippen LogP contribution in [0.2, 0.25) is 0 Å². The molecule has 7 nitrogen and oxygen atoms in total. The van der Waals surface area contributed by atoms with Crippen molar-refractivity contribution in [3.05, 3.63) is 46.5 Å². The fourth-order valence-corrected chi connectivity index (χ4v) is 4.18. The van der Waals surface area contributed by atoms with Crippen LogP contribution in [0.15, 0.2) is 51.5 Å². The number of hydrogen-bond acceptors (Lipinski definition) is 7. The van der Waals surface area contributed by atoms with Crippen LogP contribution in [0.3, 0.4) is 0 Å². The molecular formula is C26H39N3O4. The molecule has 0 saturated heterocycles. The van der Waals surface area contributed by atoms with Gasteiger partial charge in [0.2, 0.25) is 0 Å². The first kappa shape index (κ1) is 26.7. The number of carbonyl (C=O) groups excluding carboxylic acids is 2. The molecule has 0 aromatic carbocycles. The molecule has 2 rings (SSSR count). The number of nitrogens with zero attached hydrogens (tertiary/aromatic N) is 1. The van der Waals surface area contributed by atoms with Crippen molar-refractivity contribution >= 4 is 17.5 Å². The zero-order chi connectivity index (χ0) is 24.6. The molecular weight excluding hydrogens is 418 g/mol. The van der Waals surface area contributed by atoms with Gasteiger partial charge in [-0.3, -0.25) is 9.79 Å². The molecule has 0 spiro atoms. The summed E-state index contributed by atoms with van der Waals surface area (Å²) in [7, 11) is 0. The minimum atomic E-state index is -0.578. The van der Waals surface area contributed by atoms with E-state index in [1.165, 1.54) is 0 Å². The summed E-state index contributed by atoms with van der Waals surface area (Å²) < 4.78 is 11.2. The number of hydrogen-bond donors (Lipinski definition) is 2. The van der Waals surface area contributed by atoms with Gasteiger partial charge in [0.15, 0.2) is 5.78 Å². The van der Waals surface area contributed by atoms with Gasteiger partial charge in [0, 0.05) is 42.1 Å². The first-order chi connectivity index (χ1) is 15.6. The quantitative estimate of drug-likeness (QED) is 0.223. The molecule has 0 saturated carbocycles. The van der Waals surface area contributed by atoms with Crippen LogP contribution < -0.4 is 11.1 Å². The number of dihydropyridines is 1. The van der Waals surface area contributed by atoms with Crippen molar-refractivity contribution in [3.63, 3.8) is 0 Å². The van der Waals surface area contributed by atoms with Crippen LogP contribution in [0.1, 0.15) is 60.8 Å². The standard InChI is InChI=1S/C26H39N3O4/c1-7-9-10-18(15-28-17(3)4)22-23-19(13-26(5,6)14-21(23)30)29-20(16-32-12-11-27)24(22)25(31)33-8-2/h9-10,15,22,29H,7-8,11-14,16,27H2,1-6H3/b10-9-,18-15+. The van der Waals surface area contributed by atoms with Crippen LogP contribution in [0, 0.1) is 11.3 Å². The molecule has 0 aromatic heterocycles. The van der Waals surface area contributed by atoms with Crippen LogP contribution >= 0.6 is 0 Å². The van der Waals surface area contributed by atoms with Gasteiger partial charge in [0.1, 0.15) is 0 Å². The van der Waals surface area contributed by atoms with E-state index in [4.69, 9.17) is 15.2 Å². The number of esters is 1. The highest BCUT2D eigenvalue weighted by atomic mass is 16.5. The third-order valence-electron chi connectivity index (χ3n) is 5.48. The summed E-state index contributed by atoms with van der Waals surface area (Å²) >= 11 is 0. The lowest BCUT2D eigenvalue weighted by atomic mass is 9.68. The number of Topliss-reactive ketones (excluding diaryl/α,β-unsaturated/α-hetero) is 1. The van der Waals surface area contributed by atoms with Crippen LogP contribution in [-0.2, 0) is 19.1 Å². The summed E-state index contributed by atoms with van der Waals surface area (Å²) in [6.07, 6.45) is 7.65. The molecule has 0 fully saturated rings. The Balaban J connectivity index is 2.77. The Hall–Kier alpha value is -2.51. The summed E-state index contributed by atoms with van der Waals surface area (Å²) in [6.45, 7) is 12.9. The number of ether oxygens (including phenoxy) is 2. The Kier molecular flexibility index (Phi) is 9.80. The summed E-state index contributed by atoms with van der Waals surface area (Å²) in [5, 5.41) is 3.38. The van der Waals surface area contributed by atoms with Crippen LogP contribution in [0.25, 0.3) is 0 Å². The summed E-state index contributed by atoms with van der Waals surface area (Å²) in [5.74, 6) is -1.000. The molecule has 33 heavy (non-hydrogen) atoms. The first-order valence-electron chi connectivity index (χ1n) is 11.7. The van der Waals surface area contributed by atoms with Gasteiger partial charge in [0.05, 0.1) is 31.1 Å². The smallest absolute Gasteiger partial charge is 0.336 e. The Morgan fingerprint density at radius 2 is 2.00 bits per heavy atom. The van der Waals surface area contributed by atoms with E-state index in [1.54, 1.807) is 13.1 Å². The summed E-state index contributed by atoms with van der Waals surface area (Å²) in [5.41, 5.74) is 9.56. The summed E-state index contributed by atoms with van der Waals surface area (Å²) in [6, 6.07) is 0. The predicted octanol–water partition coefficient (Wildman–Crippen LogP) is 3.97. The average Bonchev–Trinajstić information content (AvgIpc) is 2.72. The van der Waals surface area contributed by atoms with Gasteiger partial charge in [-0.25, -0.2) is 4.79 Å². The van der Waals surface area contributed by atoms with Crippen molar-refractivity contribution in [2.75, 3.05) is 26.4 Å². The minimum absolute atomic E-state index is 0.0375. The average molecular weight is 458 g/mol. The maximum absolute atomic E-state index is 13.5. The zero-order valence-electron chi connectivity index (χ0n) is 20.9. The second-order valence-electron chi connectivity index (χ2n) is 9.36. The lowest BCUT2D eigenvalue weighted by molar-refractivity contribution is -0.139. The Bertz CT molecular complexity index is 902. The van der Waals surface area contributed by atoms with E-state index in [0.29, 0.717) is 42.8 Å². The van der Waals surface area contributed by atoms with E-state index < -0.39 is 11.9 Å². The fraction of sp³-hybridized carbons (Fsp3) is 0.577. The van der Waals surface area contributed by atoms with Crippen molar-refractivity contribution in [1.82, 2.24) is 5.32 Å². The highest BCUT2D eigenvalue weighted by Gasteiger charge is 2.44. The number of aliphatic imine (C=N–C) groups is 1. The normalized spacial score (nSPS) is 20.6. The van der Waals surface area contributed by atoms with E-state index in [9.17, 15) is 9.59 Å². The molecule has 1 aliphatic heterocycles. The maximum Gasteiger partial charge on any atom is 0.336 e. The fourth-order valence-electron chi connectivity index (χ4n) is 4.18. The lowest BCUT2D eigenvalue weighted by Gasteiger charge is -2.40. The van der Waals surface area contributed by atoms with Gasteiger partial charge >= 0.3 is 5.97 Å². The van der Waals surface area contributed by atoms with Gasteiger partial charge in [0.25, 0.3) is 0 Å². The Labute approximate surface area is 197 Å². The SMILES string of the molecule is CC/C=C\C(=C/N=C(C)C)C1C2=C(CC(C)(C)CC2=O)NC(COCCN)=C1C(=O)OCC. The van der Waals surface area contributed by atoms with Crippen molar-refractivity contribution < 1.29 is 19.1 Å².